The van der Waals surface area contributed by atoms with Gasteiger partial charge >= 0.3 is 5.97 Å². The molecule has 0 heterocycles. The van der Waals surface area contributed by atoms with Crippen LogP contribution in [0.2, 0.25) is 0 Å². The quantitative estimate of drug-likeness (QED) is 0.417. The molecule has 0 amide bonds. The highest BCUT2D eigenvalue weighted by Gasteiger charge is 2.67. The first-order valence-corrected chi connectivity index (χ1v) is 13.7. The topological polar surface area (TPSA) is 37.3 Å². The molecule has 0 aromatic heterocycles. The lowest BCUT2D eigenvalue weighted by molar-refractivity contribution is -0.181. The molecule has 5 rings (SSSR count). The number of carboxylic acids is 1. The Kier molecular flexibility index (Phi) is 4.78. The lowest BCUT2D eigenvalue weighted by Gasteiger charge is -2.71. The predicted molar refractivity (Wildman–Crippen MR) is 131 cm³/mol. The van der Waals surface area contributed by atoms with Gasteiger partial charge in [-0.05, 0) is 116 Å². The maximum Gasteiger partial charge on any atom is 0.309 e. The molecule has 0 aromatic rings. The van der Waals surface area contributed by atoms with E-state index in [1.807, 2.05) is 6.92 Å². The maximum absolute atomic E-state index is 12.2. The number of allylic oxidation sites excluding steroid dienone is 2. The Morgan fingerprint density at radius 3 is 2.25 bits per heavy atom. The van der Waals surface area contributed by atoms with Crippen molar-refractivity contribution in [3.8, 4) is 0 Å². The van der Waals surface area contributed by atoms with Crippen molar-refractivity contribution in [2.24, 2.45) is 50.2 Å². The van der Waals surface area contributed by atoms with E-state index in [0.29, 0.717) is 22.2 Å². The minimum Gasteiger partial charge on any atom is -0.481 e. The number of carboxylic acid groups (broad SMARTS) is 1. The molecule has 0 saturated heterocycles. The van der Waals surface area contributed by atoms with Crippen molar-refractivity contribution in [1.82, 2.24) is 0 Å². The SMILES string of the molecule is CC1(C)CCC[C@]2(C)[C@H]3CC=C4[C@H]5C[C@@](C)(C(=O)O)CC[C@]5(C)CC[C@@]4(C)[C@]3(C)CC[C@@H]12. The fraction of sp³-hybridized carbons (Fsp3) is 0.900. The molecular formula is C30H48O2. The van der Waals surface area contributed by atoms with Crippen molar-refractivity contribution in [2.45, 2.75) is 119 Å². The van der Waals surface area contributed by atoms with E-state index >= 15 is 0 Å². The Balaban J connectivity index is 1.57. The van der Waals surface area contributed by atoms with E-state index in [2.05, 4.69) is 47.6 Å². The second-order valence-corrected chi connectivity index (χ2v) is 14.9. The summed E-state index contributed by atoms with van der Waals surface area (Å²) < 4.78 is 0. The van der Waals surface area contributed by atoms with Gasteiger partial charge in [0.15, 0.2) is 0 Å². The van der Waals surface area contributed by atoms with Crippen LogP contribution < -0.4 is 0 Å². The van der Waals surface area contributed by atoms with Crippen molar-refractivity contribution in [3.05, 3.63) is 11.6 Å². The Hall–Kier alpha value is -0.790. The van der Waals surface area contributed by atoms with Crippen molar-refractivity contribution >= 4 is 5.97 Å². The van der Waals surface area contributed by atoms with Gasteiger partial charge in [0, 0.05) is 0 Å². The Morgan fingerprint density at radius 1 is 0.875 bits per heavy atom. The molecule has 5 aliphatic rings. The van der Waals surface area contributed by atoms with Gasteiger partial charge in [0.25, 0.3) is 0 Å². The lowest BCUT2D eigenvalue weighted by Crippen LogP contribution is -2.63. The monoisotopic (exact) mass is 440 g/mol. The molecule has 32 heavy (non-hydrogen) atoms. The average molecular weight is 441 g/mol. The molecule has 8 atom stereocenters. The van der Waals surface area contributed by atoms with Crippen molar-refractivity contribution in [3.63, 3.8) is 0 Å². The summed E-state index contributed by atoms with van der Waals surface area (Å²) in [5, 5.41) is 10.1. The van der Waals surface area contributed by atoms with Crippen molar-refractivity contribution in [1.29, 1.82) is 0 Å². The number of fused-ring (bicyclic) bond motifs is 7. The van der Waals surface area contributed by atoms with Gasteiger partial charge in [-0.15, -0.1) is 0 Å². The van der Waals surface area contributed by atoms with Gasteiger partial charge in [-0.3, -0.25) is 4.79 Å². The predicted octanol–water partition coefficient (Wildman–Crippen LogP) is 8.26. The molecule has 0 radical (unpaired) electrons. The molecule has 180 valence electrons. The van der Waals surface area contributed by atoms with Gasteiger partial charge in [-0.1, -0.05) is 59.6 Å². The van der Waals surface area contributed by atoms with Crippen LogP contribution in [0.3, 0.4) is 0 Å². The molecule has 4 saturated carbocycles. The molecule has 0 aliphatic heterocycles. The number of hydrogen-bond donors (Lipinski definition) is 1. The molecule has 2 nitrogen and oxygen atoms in total. The molecule has 4 fully saturated rings. The molecule has 0 unspecified atom stereocenters. The van der Waals surface area contributed by atoms with Crippen LogP contribution >= 0.6 is 0 Å². The zero-order chi connectivity index (χ0) is 23.4. The summed E-state index contributed by atoms with van der Waals surface area (Å²) in [6, 6.07) is 0. The van der Waals surface area contributed by atoms with Crippen LogP contribution in [-0.2, 0) is 4.79 Å². The van der Waals surface area contributed by atoms with Gasteiger partial charge in [0.05, 0.1) is 5.41 Å². The smallest absolute Gasteiger partial charge is 0.309 e. The molecule has 1 N–H and O–H groups in total. The first-order chi connectivity index (χ1) is 14.7. The van der Waals surface area contributed by atoms with E-state index in [9.17, 15) is 9.90 Å². The van der Waals surface area contributed by atoms with Crippen LogP contribution in [0.4, 0.5) is 0 Å². The minimum atomic E-state index is -0.579. The number of hydrogen-bond acceptors (Lipinski definition) is 1. The summed E-state index contributed by atoms with van der Waals surface area (Å²) in [5.41, 5.74) is 2.89. The summed E-state index contributed by atoms with van der Waals surface area (Å²) in [7, 11) is 0. The highest BCUT2D eigenvalue weighted by atomic mass is 16.4. The van der Waals surface area contributed by atoms with E-state index in [0.717, 1.165) is 31.1 Å². The largest absolute Gasteiger partial charge is 0.481 e. The molecule has 5 aliphatic carbocycles. The highest BCUT2D eigenvalue weighted by molar-refractivity contribution is 5.74. The van der Waals surface area contributed by atoms with Crippen LogP contribution in [0.1, 0.15) is 119 Å². The molecule has 2 heteroatoms. The Labute approximate surface area is 197 Å². The van der Waals surface area contributed by atoms with Gasteiger partial charge in [0.2, 0.25) is 0 Å². The Morgan fingerprint density at radius 2 is 1.56 bits per heavy atom. The third-order valence-electron chi connectivity index (χ3n) is 13.1. The molecular weight excluding hydrogens is 392 g/mol. The zero-order valence-electron chi connectivity index (χ0n) is 21.9. The van der Waals surface area contributed by atoms with Crippen LogP contribution in [0.25, 0.3) is 0 Å². The molecule has 0 bridgehead atoms. The summed E-state index contributed by atoms with van der Waals surface area (Å²) >= 11 is 0. The lowest BCUT2D eigenvalue weighted by atomic mass is 9.34. The van der Waals surface area contributed by atoms with Crippen LogP contribution in [-0.4, -0.2) is 11.1 Å². The summed E-state index contributed by atoms with van der Waals surface area (Å²) in [6.45, 7) is 17.5. The van der Waals surface area contributed by atoms with Crippen LogP contribution in [0, 0.1) is 50.2 Å². The average Bonchev–Trinajstić information content (AvgIpc) is 2.69. The zero-order valence-corrected chi connectivity index (χ0v) is 21.9. The fourth-order valence-electron chi connectivity index (χ4n) is 10.6. The third kappa shape index (κ3) is 2.73. The minimum absolute atomic E-state index is 0.229. The van der Waals surface area contributed by atoms with Gasteiger partial charge < -0.3 is 5.11 Å². The number of carbonyl (C=O) groups is 1. The fourth-order valence-corrected chi connectivity index (χ4v) is 10.6. The first-order valence-electron chi connectivity index (χ1n) is 13.7. The second-order valence-electron chi connectivity index (χ2n) is 14.9. The summed E-state index contributed by atoms with van der Waals surface area (Å²) in [6.07, 6.45) is 16.1. The first kappa shape index (κ1) is 23.0. The normalized spacial score (nSPS) is 54.3. The third-order valence-corrected chi connectivity index (χ3v) is 13.1. The van der Waals surface area contributed by atoms with Gasteiger partial charge in [-0.25, -0.2) is 0 Å². The maximum atomic E-state index is 12.2. The Bertz CT molecular complexity index is 855. The number of aliphatic carboxylic acids is 1. The van der Waals surface area contributed by atoms with Gasteiger partial charge in [-0.2, -0.15) is 0 Å². The van der Waals surface area contributed by atoms with E-state index in [1.165, 1.54) is 51.4 Å². The van der Waals surface area contributed by atoms with E-state index < -0.39 is 11.4 Å². The second kappa shape index (κ2) is 6.66. The molecule has 0 spiro atoms. The van der Waals surface area contributed by atoms with Crippen LogP contribution in [0.5, 0.6) is 0 Å². The van der Waals surface area contributed by atoms with E-state index in [-0.39, 0.29) is 10.8 Å². The standard InChI is InChI=1S/C30H48O2/c1-25(2)12-8-13-28(5)22(25)11-14-30(7)23(28)10-9-20-21-19-27(4,24(31)32)16-15-26(21,3)17-18-29(20,30)6/h9,21-23H,8,10-19H2,1-7H3,(H,31,32)/t21-,22+,23-,26-,27+,28+,29-,30-/m1/s1. The van der Waals surface area contributed by atoms with Crippen molar-refractivity contribution in [2.75, 3.05) is 0 Å². The van der Waals surface area contributed by atoms with E-state index in [4.69, 9.17) is 0 Å². The number of rotatable bonds is 1. The highest BCUT2D eigenvalue weighted by Crippen LogP contribution is 2.75. The van der Waals surface area contributed by atoms with E-state index in [1.54, 1.807) is 5.57 Å². The van der Waals surface area contributed by atoms with Gasteiger partial charge in [0.1, 0.15) is 0 Å². The summed E-state index contributed by atoms with van der Waals surface area (Å²) in [5.74, 6) is 1.48. The molecule has 0 aromatic carbocycles. The summed E-state index contributed by atoms with van der Waals surface area (Å²) in [4.78, 5) is 12.2. The van der Waals surface area contributed by atoms with Crippen molar-refractivity contribution < 1.29 is 9.90 Å². The van der Waals surface area contributed by atoms with Crippen LogP contribution in [0.15, 0.2) is 11.6 Å².